The van der Waals surface area contributed by atoms with E-state index in [-0.39, 0.29) is 0 Å². The molecule has 2 rings (SSSR count). The molecule has 0 fully saturated rings. The molecular formula is C16H21NOS. The molecule has 2 aromatic rings. The Morgan fingerprint density at radius 2 is 2.16 bits per heavy atom. The van der Waals surface area contributed by atoms with Gasteiger partial charge in [0.25, 0.3) is 0 Å². The van der Waals surface area contributed by atoms with Crippen LogP contribution in [-0.2, 0) is 6.42 Å². The van der Waals surface area contributed by atoms with Crippen LogP contribution in [0.1, 0.15) is 29.7 Å². The maximum atomic E-state index is 5.29. The van der Waals surface area contributed by atoms with Gasteiger partial charge in [-0.2, -0.15) is 11.3 Å². The SMILES string of the molecule is CCNC(Cc1cccc(OC)c1)c1cscc1C. The number of aryl methyl sites for hydroxylation is 1. The fraction of sp³-hybridized carbons (Fsp3) is 0.375. The average Bonchev–Trinajstić information content (AvgIpc) is 2.85. The number of hydrogen-bond acceptors (Lipinski definition) is 3. The zero-order valence-corrected chi connectivity index (χ0v) is 12.6. The predicted octanol–water partition coefficient (Wildman–Crippen LogP) is 3.96. The number of hydrogen-bond donors (Lipinski definition) is 1. The van der Waals surface area contributed by atoms with Crippen molar-refractivity contribution < 1.29 is 4.74 Å². The van der Waals surface area contributed by atoms with Gasteiger partial charge in [0, 0.05) is 6.04 Å². The minimum Gasteiger partial charge on any atom is -0.497 e. The lowest BCUT2D eigenvalue weighted by atomic mass is 9.98. The van der Waals surface area contributed by atoms with Crippen molar-refractivity contribution in [1.82, 2.24) is 5.32 Å². The quantitative estimate of drug-likeness (QED) is 0.861. The zero-order valence-electron chi connectivity index (χ0n) is 11.8. The van der Waals surface area contributed by atoms with Crippen LogP contribution in [0.15, 0.2) is 35.0 Å². The largest absolute Gasteiger partial charge is 0.497 e. The highest BCUT2D eigenvalue weighted by Gasteiger charge is 2.14. The lowest BCUT2D eigenvalue weighted by Gasteiger charge is -2.18. The summed E-state index contributed by atoms with van der Waals surface area (Å²) >= 11 is 1.77. The highest BCUT2D eigenvalue weighted by Crippen LogP contribution is 2.26. The van der Waals surface area contributed by atoms with Crippen molar-refractivity contribution in [2.75, 3.05) is 13.7 Å². The van der Waals surface area contributed by atoms with E-state index < -0.39 is 0 Å². The van der Waals surface area contributed by atoms with Crippen molar-refractivity contribution in [1.29, 1.82) is 0 Å². The first-order valence-corrected chi connectivity index (χ1v) is 7.58. The number of rotatable bonds is 6. The fourth-order valence-corrected chi connectivity index (χ4v) is 3.21. The lowest BCUT2D eigenvalue weighted by molar-refractivity contribution is 0.414. The van der Waals surface area contributed by atoms with Crippen LogP contribution in [0.4, 0.5) is 0 Å². The maximum Gasteiger partial charge on any atom is 0.119 e. The van der Waals surface area contributed by atoms with Crippen LogP contribution in [0, 0.1) is 6.92 Å². The number of methoxy groups -OCH3 is 1. The molecule has 102 valence electrons. The molecule has 0 aliphatic carbocycles. The average molecular weight is 275 g/mol. The number of thiophene rings is 1. The number of nitrogens with one attached hydrogen (secondary N) is 1. The molecular weight excluding hydrogens is 254 g/mol. The van der Waals surface area contributed by atoms with Gasteiger partial charge in [-0.25, -0.2) is 0 Å². The Labute approximate surface area is 119 Å². The van der Waals surface area contributed by atoms with Crippen LogP contribution in [0.5, 0.6) is 5.75 Å². The van der Waals surface area contributed by atoms with Crippen LogP contribution >= 0.6 is 11.3 Å². The Kier molecular flexibility index (Phi) is 5.00. The standard InChI is InChI=1S/C16H21NOS/c1-4-17-16(15-11-19-10-12(15)2)9-13-6-5-7-14(8-13)18-3/h5-8,10-11,16-17H,4,9H2,1-3H3. The molecule has 0 aliphatic rings. The summed E-state index contributed by atoms with van der Waals surface area (Å²) in [7, 11) is 1.71. The van der Waals surface area contributed by atoms with Gasteiger partial charge in [-0.3, -0.25) is 0 Å². The topological polar surface area (TPSA) is 21.3 Å². The van der Waals surface area contributed by atoms with Gasteiger partial charge < -0.3 is 10.1 Å². The second-order valence-corrected chi connectivity index (χ2v) is 5.42. The second kappa shape index (κ2) is 6.73. The minimum atomic E-state index is 0.378. The third-order valence-corrected chi connectivity index (χ3v) is 4.17. The molecule has 0 aliphatic heterocycles. The second-order valence-electron chi connectivity index (χ2n) is 4.68. The van der Waals surface area contributed by atoms with E-state index >= 15 is 0 Å². The van der Waals surface area contributed by atoms with E-state index in [1.165, 1.54) is 16.7 Å². The summed E-state index contributed by atoms with van der Waals surface area (Å²) < 4.78 is 5.29. The van der Waals surface area contributed by atoms with E-state index in [2.05, 4.69) is 48.1 Å². The normalized spacial score (nSPS) is 12.4. The van der Waals surface area contributed by atoms with Crippen molar-refractivity contribution in [2.24, 2.45) is 0 Å². The van der Waals surface area contributed by atoms with E-state index in [1.54, 1.807) is 18.4 Å². The Hall–Kier alpha value is -1.32. The molecule has 0 radical (unpaired) electrons. The summed E-state index contributed by atoms with van der Waals surface area (Å²) in [4.78, 5) is 0. The zero-order chi connectivity index (χ0) is 13.7. The highest BCUT2D eigenvalue weighted by molar-refractivity contribution is 7.08. The van der Waals surface area contributed by atoms with Crippen molar-refractivity contribution in [3.05, 3.63) is 51.7 Å². The molecule has 1 aromatic heterocycles. The van der Waals surface area contributed by atoms with Crippen LogP contribution in [0.25, 0.3) is 0 Å². The third kappa shape index (κ3) is 3.58. The first kappa shape index (κ1) is 14.1. The molecule has 2 nitrogen and oxygen atoms in total. The summed E-state index contributed by atoms with van der Waals surface area (Å²) in [6.45, 7) is 5.31. The van der Waals surface area contributed by atoms with Gasteiger partial charge in [0.2, 0.25) is 0 Å². The van der Waals surface area contributed by atoms with E-state index in [4.69, 9.17) is 4.74 Å². The van der Waals surface area contributed by atoms with E-state index in [1.807, 2.05) is 6.07 Å². The summed E-state index contributed by atoms with van der Waals surface area (Å²) in [5.41, 5.74) is 4.09. The van der Waals surface area contributed by atoms with Gasteiger partial charge in [-0.15, -0.1) is 0 Å². The summed E-state index contributed by atoms with van der Waals surface area (Å²) in [6.07, 6.45) is 0.989. The highest BCUT2D eigenvalue weighted by atomic mass is 32.1. The van der Waals surface area contributed by atoms with Gasteiger partial charge in [0.1, 0.15) is 5.75 Å². The monoisotopic (exact) mass is 275 g/mol. The summed E-state index contributed by atoms with van der Waals surface area (Å²) in [5, 5.41) is 8.04. The van der Waals surface area contributed by atoms with Gasteiger partial charge in [-0.05, 0) is 59.5 Å². The van der Waals surface area contributed by atoms with Crippen molar-refractivity contribution >= 4 is 11.3 Å². The van der Waals surface area contributed by atoms with Gasteiger partial charge in [-0.1, -0.05) is 19.1 Å². The molecule has 1 aromatic carbocycles. The predicted molar refractivity (Wildman–Crippen MR) is 82.2 cm³/mol. The Balaban J connectivity index is 2.18. The Morgan fingerprint density at radius 1 is 1.32 bits per heavy atom. The summed E-state index contributed by atoms with van der Waals surface area (Å²) in [5.74, 6) is 0.926. The molecule has 3 heteroatoms. The molecule has 1 heterocycles. The molecule has 0 saturated heterocycles. The minimum absolute atomic E-state index is 0.378. The van der Waals surface area contributed by atoms with Crippen LogP contribution in [0.2, 0.25) is 0 Å². The van der Waals surface area contributed by atoms with Gasteiger partial charge >= 0.3 is 0 Å². The number of likely N-dealkylation sites (N-methyl/N-ethyl adjacent to an activating group) is 1. The van der Waals surface area contributed by atoms with Crippen LogP contribution in [-0.4, -0.2) is 13.7 Å². The van der Waals surface area contributed by atoms with E-state index in [0.717, 1.165) is 18.7 Å². The number of benzene rings is 1. The van der Waals surface area contributed by atoms with Crippen LogP contribution in [0.3, 0.4) is 0 Å². The number of ether oxygens (including phenoxy) is 1. The van der Waals surface area contributed by atoms with E-state index in [9.17, 15) is 0 Å². The van der Waals surface area contributed by atoms with Crippen molar-refractivity contribution in [3.8, 4) is 5.75 Å². The van der Waals surface area contributed by atoms with Gasteiger partial charge in [0.15, 0.2) is 0 Å². The molecule has 0 bridgehead atoms. The first-order chi connectivity index (χ1) is 9.24. The molecule has 0 amide bonds. The summed E-state index contributed by atoms with van der Waals surface area (Å²) in [6, 6.07) is 8.70. The van der Waals surface area contributed by atoms with E-state index in [0.29, 0.717) is 6.04 Å². The Bertz CT molecular complexity index is 521. The van der Waals surface area contributed by atoms with Gasteiger partial charge in [0.05, 0.1) is 7.11 Å². The maximum absolute atomic E-state index is 5.29. The molecule has 0 saturated carbocycles. The molecule has 1 N–H and O–H groups in total. The Morgan fingerprint density at radius 3 is 2.79 bits per heavy atom. The first-order valence-electron chi connectivity index (χ1n) is 6.63. The molecule has 1 atom stereocenters. The van der Waals surface area contributed by atoms with Crippen LogP contribution < -0.4 is 10.1 Å². The van der Waals surface area contributed by atoms with Crippen molar-refractivity contribution in [3.63, 3.8) is 0 Å². The molecule has 1 unspecified atom stereocenters. The third-order valence-electron chi connectivity index (χ3n) is 3.30. The lowest BCUT2D eigenvalue weighted by Crippen LogP contribution is -2.23. The molecule has 0 spiro atoms. The van der Waals surface area contributed by atoms with Crippen molar-refractivity contribution in [2.45, 2.75) is 26.3 Å². The smallest absolute Gasteiger partial charge is 0.119 e. The molecule has 19 heavy (non-hydrogen) atoms. The fourth-order valence-electron chi connectivity index (χ4n) is 2.30.